The second-order valence-corrected chi connectivity index (χ2v) is 10.0. The van der Waals surface area contributed by atoms with E-state index in [9.17, 15) is 13.2 Å². The molecular formula is C20H26N2O3S2. The lowest BCUT2D eigenvalue weighted by Gasteiger charge is -2.27. The summed E-state index contributed by atoms with van der Waals surface area (Å²) in [6, 6.07) is 7.02. The first kappa shape index (κ1) is 20.0. The van der Waals surface area contributed by atoms with E-state index in [1.165, 1.54) is 0 Å². The Bertz CT molecular complexity index is 928. The van der Waals surface area contributed by atoms with Gasteiger partial charge in [0.15, 0.2) is 0 Å². The van der Waals surface area contributed by atoms with Crippen LogP contribution >= 0.6 is 11.3 Å². The first-order valence-electron chi connectivity index (χ1n) is 9.20. The van der Waals surface area contributed by atoms with Gasteiger partial charge in [0, 0.05) is 30.6 Å². The van der Waals surface area contributed by atoms with E-state index < -0.39 is 10.0 Å². The Kier molecular flexibility index (Phi) is 6.03. The van der Waals surface area contributed by atoms with Crippen molar-refractivity contribution >= 4 is 27.3 Å². The third kappa shape index (κ3) is 4.25. The SMILES string of the molecule is Cc1ccc(C(=O)N(C)Cc2sccc2C)cc1S(=O)(=O)N1CCCCC1. The topological polar surface area (TPSA) is 57.7 Å². The summed E-state index contributed by atoms with van der Waals surface area (Å²) in [6.45, 7) is 5.43. The predicted molar refractivity (Wildman–Crippen MR) is 109 cm³/mol. The van der Waals surface area contributed by atoms with E-state index in [-0.39, 0.29) is 10.8 Å². The monoisotopic (exact) mass is 406 g/mol. The Morgan fingerprint density at radius 3 is 2.44 bits per heavy atom. The van der Waals surface area contributed by atoms with Gasteiger partial charge in [-0.25, -0.2) is 8.42 Å². The van der Waals surface area contributed by atoms with Crippen LogP contribution in [0.1, 0.15) is 45.6 Å². The molecule has 0 unspecified atom stereocenters. The minimum Gasteiger partial charge on any atom is -0.337 e. The maximum absolute atomic E-state index is 13.1. The molecule has 7 heteroatoms. The Labute approximate surface area is 165 Å². The molecule has 27 heavy (non-hydrogen) atoms. The second kappa shape index (κ2) is 8.12. The molecule has 1 saturated heterocycles. The highest BCUT2D eigenvalue weighted by atomic mass is 32.2. The molecule has 0 atom stereocenters. The Hall–Kier alpha value is -1.70. The van der Waals surface area contributed by atoms with Crippen molar-refractivity contribution < 1.29 is 13.2 Å². The number of sulfonamides is 1. The van der Waals surface area contributed by atoms with Gasteiger partial charge in [-0.2, -0.15) is 4.31 Å². The maximum Gasteiger partial charge on any atom is 0.253 e. The highest BCUT2D eigenvalue weighted by Crippen LogP contribution is 2.25. The van der Waals surface area contributed by atoms with Crippen molar-refractivity contribution in [3.63, 3.8) is 0 Å². The molecule has 2 heterocycles. The average Bonchev–Trinajstić information content (AvgIpc) is 3.06. The Balaban J connectivity index is 1.86. The van der Waals surface area contributed by atoms with Gasteiger partial charge in [0.05, 0.1) is 11.4 Å². The molecule has 1 aromatic heterocycles. The van der Waals surface area contributed by atoms with Crippen LogP contribution in [0.15, 0.2) is 34.5 Å². The number of piperidine rings is 1. The summed E-state index contributed by atoms with van der Waals surface area (Å²) in [5.41, 5.74) is 2.25. The Morgan fingerprint density at radius 2 is 1.81 bits per heavy atom. The van der Waals surface area contributed by atoms with Crippen LogP contribution in [0.4, 0.5) is 0 Å². The van der Waals surface area contributed by atoms with Crippen LogP contribution in [0.5, 0.6) is 0 Å². The van der Waals surface area contributed by atoms with Crippen molar-refractivity contribution in [3.8, 4) is 0 Å². The smallest absolute Gasteiger partial charge is 0.253 e. The lowest BCUT2D eigenvalue weighted by Crippen LogP contribution is -2.36. The van der Waals surface area contributed by atoms with E-state index in [1.807, 2.05) is 18.4 Å². The van der Waals surface area contributed by atoms with Crippen molar-refractivity contribution in [3.05, 3.63) is 51.2 Å². The molecule has 3 rings (SSSR count). The molecule has 1 aromatic carbocycles. The lowest BCUT2D eigenvalue weighted by atomic mass is 10.1. The van der Waals surface area contributed by atoms with E-state index in [0.29, 0.717) is 30.8 Å². The second-order valence-electron chi connectivity index (χ2n) is 7.13. The number of carbonyl (C=O) groups is 1. The third-order valence-electron chi connectivity index (χ3n) is 5.06. The molecule has 1 aliphatic heterocycles. The minimum absolute atomic E-state index is 0.169. The summed E-state index contributed by atoms with van der Waals surface area (Å²) in [5.74, 6) is -0.169. The number of hydrogen-bond donors (Lipinski definition) is 0. The van der Waals surface area contributed by atoms with Crippen LogP contribution in [0.3, 0.4) is 0 Å². The van der Waals surface area contributed by atoms with Crippen molar-refractivity contribution in [2.45, 2.75) is 44.6 Å². The fourth-order valence-corrected chi connectivity index (χ4v) is 6.06. The van der Waals surface area contributed by atoms with Crippen molar-refractivity contribution in [1.29, 1.82) is 0 Å². The van der Waals surface area contributed by atoms with Crippen LogP contribution in [-0.2, 0) is 16.6 Å². The normalized spacial score (nSPS) is 15.7. The summed E-state index contributed by atoms with van der Waals surface area (Å²) in [4.78, 5) is 15.9. The van der Waals surface area contributed by atoms with E-state index in [1.54, 1.807) is 52.7 Å². The van der Waals surface area contributed by atoms with Crippen LogP contribution in [-0.4, -0.2) is 43.7 Å². The van der Waals surface area contributed by atoms with Gasteiger partial charge < -0.3 is 4.90 Å². The summed E-state index contributed by atoms with van der Waals surface area (Å²) in [5, 5.41) is 2.01. The molecule has 0 saturated carbocycles. The van der Waals surface area contributed by atoms with Crippen molar-refractivity contribution in [1.82, 2.24) is 9.21 Å². The third-order valence-corrected chi connectivity index (χ3v) is 8.11. The number of benzene rings is 1. The van der Waals surface area contributed by atoms with Gasteiger partial charge in [0.25, 0.3) is 5.91 Å². The molecule has 1 amide bonds. The predicted octanol–water partition coefficient (Wildman–Crippen LogP) is 3.81. The molecule has 0 radical (unpaired) electrons. The molecule has 5 nitrogen and oxygen atoms in total. The number of thiophene rings is 1. The van der Waals surface area contributed by atoms with Gasteiger partial charge in [0.1, 0.15) is 0 Å². The zero-order valence-corrected chi connectivity index (χ0v) is 17.7. The summed E-state index contributed by atoms with van der Waals surface area (Å²) in [6.07, 6.45) is 2.84. The molecule has 0 N–H and O–H groups in total. The molecule has 0 bridgehead atoms. The molecular weight excluding hydrogens is 380 g/mol. The van der Waals surface area contributed by atoms with E-state index in [0.717, 1.165) is 29.7 Å². The van der Waals surface area contributed by atoms with Crippen molar-refractivity contribution in [2.24, 2.45) is 0 Å². The number of carbonyl (C=O) groups excluding carboxylic acids is 1. The first-order valence-corrected chi connectivity index (χ1v) is 11.5. The first-order chi connectivity index (χ1) is 12.8. The summed E-state index contributed by atoms with van der Waals surface area (Å²) < 4.78 is 27.7. The van der Waals surface area contributed by atoms with E-state index in [4.69, 9.17) is 0 Å². The van der Waals surface area contributed by atoms with Gasteiger partial charge >= 0.3 is 0 Å². The highest BCUT2D eigenvalue weighted by Gasteiger charge is 2.28. The zero-order valence-electron chi connectivity index (χ0n) is 16.1. The van der Waals surface area contributed by atoms with Gasteiger partial charge in [-0.1, -0.05) is 12.5 Å². The van der Waals surface area contributed by atoms with Crippen LogP contribution < -0.4 is 0 Å². The van der Waals surface area contributed by atoms with E-state index >= 15 is 0 Å². The lowest BCUT2D eigenvalue weighted by molar-refractivity contribution is 0.0786. The highest BCUT2D eigenvalue weighted by molar-refractivity contribution is 7.89. The molecule has 2 aromatic rings. The maximum atomic E-state index is 13.1. The van der Waals surface area contributed by atoms with Crippen LogP contribution in [0, 0.1) is 13.8 Å². The van der Waals surface area contributed by atoms with Crippen molar-refractivity contribution in [2.75, 3.05) is 20.1 Å². The molecule has 0 spiro atoms. The van der Waals surface area contributed by atoms with Crippen LogP contribution in [0.25, 0.3) is 0 Å². The molecule has 1 aliphatic rings. The van der Waals surface area contributed by atoms with Crippen LogP contribution in [0.2, 0.25) is 0 Å². The zero-order chi connectivity index (χ0) is 19.6. The van der Waals surface area contributed by atoms with E-state index in [2.05, 4.69) is 0 Å². The van der Waals surface area contributed by atoms with Gasteiger partial charge in [-0.15, -0.1) is 11.3 Å². The number of rotatable bonds is 5. The Morgan fingerprint density at radius 1 is 1.11 bits per heavy atom. The molecule has 146 valence electrons. The fraction of sp³-hybridized carbons (Fsp3) is 0.450. The standard InChI is InChI=1S/C20H26N2O3S2/c1-15-9-12-26-18(15)14-21(3)20(23)17-8-7-16(2)19(13-17)27(24,25)22-10-5-4-6-11-22/h7-9,12-13H,4-6,10-11,14H2,1-3H3. The number of hydrogen-bond acceptors (Lipinski definition) is 4. The largest absolute Gasteiger partial charge is 0.337 e. The summed E-state index contributed by atoms with van der Waals surface area (Å²) in [7, 11) is -1.82. The number of amides is 1. The van der Waals surface area contributed by atoms with Gasteiger partial charge in [-0.05, 0) is 61.4 Å². The van der Waals surface area contributed by atoms with Gasteiger partial charge in [0.2, 0.25) is 10.0 Å². The number of aryl methyl sites for hydroxylation is 2. The average molecular weight is 407 g/mol. The van der Waals surface area contributed by atoms with Gasteiger partial charge in [-0.3, -0.25) is 4.79 Å². The molecule has 0 aliphatic carbocycles. The molecule has 1 fully saturated rings. The quantitative estimate of drug-likeness (QED) is 0.759. The number of nitrogens with zero attached hydrogens (tertiary/aromatic N) is 2. The fourth-order valence-electron chi connectivity index (χ4n) is 3.33. The minimum atomic E-state index is -3.57. The summed E-state index contributed by atoms with van der Waals surface area (Å²) >= 11 is 1.62.